The average Bonchev–Trinajstić information content (AvgIpc) is 2.79. The van der Waals surface area contributed by atoms with Gasteiger partial charge in [-0.3, -0.25) is 13.9 Å². The molecule has 0 amide bonds. The van der Waals surface area contributed by atoms with Gasteiger partial charge in [0.2, 0.25) is 0 Å². The molecule has 0 aromatic carbocycles. The van der Waals surface area contributed by atoms with Gasteiger partial charge >= 0.3 is 5.69 Å². The van der Waals surface area contributed by atoms with Gasteiger partial charge in [0, 0.05) is 20.1 Å². The summed E-state index contributed by atoms with van der Waals surface area (Å²) in [5.41, 5.74) is 0.226. The van der Waals surface area contributed by atoms with E-state index in [9.17, 15) is 9.59 Å². The maximum atomic E-state index is 12.3. The molecule has 0 spiro atoms. The number of hydrogen-bond donors (Lipinski definition) is 0. The van der Waals surface area contributed by atoms with E-state index in [1.54, 1.807) is 9.13 Å². The van der Waals surface area contributed by atoms with Gasteiger partial charge in [-0.25, -0.2) is 9.78 Å². The van der Waals surface area contributed by atoms with Crippen molar-refractivity contribution in [3.63, 3.8) is 0 Å². The van der Waals surface area contributed by atoms with E-state index in [1.165, 1.54) is 7.05 Å². The highest BCUT2D eigenvalue weighted by molar-refractivity contribution is 6.16. The largest absolute Gasteiger partial charge is 0.332 e. The van der Waals surface area contributed by atoms with Crippen molar-refractivity contribution < 1.29 is 0 Å². The van der Waals surface area contributed by atoms with Crippen molar-refractivity contribution in [3.8, 4) is 0 Å². The third kappa shape index (κ3) is 2.18. The van der Waals surface area contributed by atoms with Crippen molar-refractivity contribution in [1.29, 1.82) is 0 Å². The molecule has 0 atom stereocenters. The maximum Gasteiger partial charge on any atom is 0.332 e. The molecule has 2 aromatic heterocycles. The lowest BCUT2D eigenvalue weighted by Crippen LogP contribution is -2.39. The number of hydrogen-bond acceptors (Lipinski definition) is 3. The topological polar surface area (TPSA) is 61.8 Å². The Kier molecular flexibility index (Phi) is 4.04. The first-order valence-corrected chi connectivity index (χ1v) is 7.20. The molecule has 0 N–H and O–H groups in total. The van der Waals surface area contributed by atoms with Gasteiger partial charge in [0.05, 0.1) is 5.88 Å². The van der Waals surface area contributed by atoms with Crippen molar-refractivity contribution in [2.75, 3.05) is 0 Å². The average molecular weight is 299 g/mol. The van der Waals surface area contributed by atoms with E-state index >= 15 is 0 Å². The number of nitrogens with zero attached hydrogens (tertiary/aromatic N) is 4. The second-order valence-corrected chi connectivity index (χ2v) is 5.50. The Bertz CT molecular complexity index is 754. The van der Waals surface area contributed by atoms with Gasteiger partial charge < -0.3 is 4.57 Å². The standard InChI is InChI=1S/C13H19ClN4O2/c1-5-17-9(6-14)15-11-10(17)12(19)16(4)13(20)18(11)7-8(2)3/h8H,5-7H2,1-4H3. The highest BCUT2D eigenvalue weighted by atomic mass is 35.5. The second kappa shape index (κ2) is 5.44. The van der Waals surface area contributed by atoms with Crippen LogP contribution in [-0.4, -0.2) is 18.7 Å². The van der Waals surface area contributed by atoms with Crippen molar-refractivity contribution in [2.24, 2.45) is 13.0 Å². The summed E-state index contributed by atoms with van der Waals surface area (Å²) in [6.45, 7) is 7.07. The van der Waals surface area contributed by atoms with E-state index < -0.39 is 0 Å². The first kappa shape index (κ1) is 14.8. The van der Waals surface area contributed by atoms with Gasteiger partial charge in [0.25, 0.3) is 5.56 Å². The lowest BCUT2D eigenvalue weighted by molar-refractivity contribution is 0.500. The molecule has 0 radical (unpaired) electrons. The molecule has 0 aliphatic carbocycles. The molecule has 2 aromatic rings. The Balaban J connectivity index is 2.96. The maximum absolute atomic E-state index is 12.3. The van der Waals surface area contributed by atoms with Crippen LogP contribution >= 0.6 is 11.6 Å². The molecule has 7 heteroatoms. The minimum Gasteiger partial charge on any atom is -0.321 e. The summed E-state index contributed by atoms with van der Waals surface area (Å²) in [6, 6.07) is 0. The lowest BCUT2D eigenvalue weighted by atomic mass is 10.2. The van der Waals surface area contributed by atoms with Gasteiger partial charge in [0.15, 0.2) is 11.2 Å². The molecule has 20 heavy (non-hydrogen) atoms. The molecule has 2 heterocycles. The van der Waals surface area contributed by atoms with Crippen LogP contribution in [0.4, 0.5) is 0 Å². The van der Waals surface area contributed by atoms with Crippen LogP contribution in [0.5, 0.6) is 0 Å². The molecule has 0 unspecified atom stereocenters. The van der Waals surface area contributed by atoms with Gasteiger partial charge in [-0.2, -0.15) is 0 Å². The molecular formula is C13H19ClN4O2. The third-order valence-electron chi connectivity index (χ3n) is 3.29. The smallest absolute Gasteiger partial charge is 0.321 e. The van der Waals surface area contributed by atoms with E-state index in [2.05, 4.69) is 4.98 Å². The zero-order valence-corrected chi connectivity index (χ0v) is 12.9. The number of imidazole rings is 1. The fourth-order valence-electron chi connectivity index (χ4n) is 2.37. The van der Waals surface area contributed by atoms with E-state index in [4.69, 9.17) is 11.6 Å². The minimum atomic E-state index is -0.335. The van der Waals surface area contributed by atoms with Crippen LogP contribution in [-0.2, 0) is 26.0 Å². The van der Waals surface area contributed by atoms with Gasteiger partial charge in [0.1, 0.15) is 5.82 Å². The predicted molar refractivity (Wildman–Crippen MR) is 79.3 cm³/mol. The van der Waals surface area contributed by atoms with E-state index in [1.807, 2.05) is 20.8 Å². The summed E-state index contributed by atoms with van der Waals surface area (Å²) >= 11 is 5.89. The van der Waals surface area contributed by atoms with Crippen molar-refractivity contribution >= 4 is 22.8 Å². The van der Waals surface area contributed by atoms with E-state index in [0.29, 0.717) is 30.1 Å². The SMILES string of the molecule is CCn1c(CCl)nc2c1c(=O)n(C)c(=O)n2CC(C)C. The number of halogens is 1. The Morgan fingerprint density at radius 1 is 1.25 bits per heavy atom. The Hall–Kier alpha value is -1.56. The summed E-state index contributed by atoms with van der Waals surface area (Å²) in [6.07, 6.45) is 0. The number of rotatable bonds is 4. The second-order valence-electron chi connectivity index (χ2n) is 5.23. The molecule has 0 saturated carbocycles. The number of alkyl halides is 1. The minimum absolute atomic E-state index is 0.210. The normalized spacial score (nSPS) is 11.7. The molecular weight excluding hydrogens is 280 g/mol. The lowest BCUT2D eigenvalue weighted by Gasteiger charge is -2.11. The highest BCUT2D eigenvalue weighted by Crippen LogP contribution is 2.14. The van der Waals surface area contributed by atoms with E-state index in [0.717, 1.165) is 4.57 Å². The van der Waals surface area contributed by atoms with Gasteiger partial charge in [-0.15, -0.1) is 11.6 Å². The van der Waals surface area contributed by atoms with Gasteiger partial charge in [-0.05, 0) is 12.8 Å². The summed E-state index contributed by atoms with van der Waals surface area (Å²) < 4.78 is 4.47. The molecule has 0 fully saturated rings. The highest BCUT2D eigenvalue weighted by Gasteiger charge is 2.19. The van der Waals surface area contributed by atoms with Gasteiger partial charge in [-0.1, -0.05) is 13.8 Å². The summed E-state index contributed by atoms with van der Waals surface area (Å²) in [7, 11) is 1.49. The summed E-state index contributed by atoms with van der Waals surface area (Å²) in [4.78, 5) is 29.0. The van der Waals surface area contributed by atoms with Crippen molar-refractivity contribution in [2.45, 2.75) is 39.7 Å². The molecule has 0 aliphatic rings. The van der Waals surface area contributed by atoms with Crippen LogP contribution in [0.25, 0.3) is 11.2 Å². The van der Waals surface area contributed by atoms with Crippen LogP contribution in [0.2, 0.25) is 0 Å². The monoisotopic (exact) mass is 298 g/mol. The fourth-order valence-corrected chi connectivity index (χ4v) is 2.58. The predicted octanol–water partition coefficient (Wildman–Crippen LogP) is 1.31. The number of aromatic nitrogens is 4. The molecule has 2 rings (SSSR count). The Labute approximate surface area is 121 Å². The molecule has 0 saturated heterocycles. The third-order valence-corrected chi connectivity index (χ3v) is 3.53. The zero-order valence-electron chi connectivity index (χ0n) is 12.2. The van der Waals surface area contributed by atoms with Crippen LogP contribution in [0.3, 0.4) is 0 Å². The van der Waals surface area contributed by atoms with Crippen LogP contribution in [0.1, 0.15) is 26.6 Å². The summed E-state index contributed by atoms with van der Waals surface area (Å²) in [5.74, 6) is 1.10. The first-order valence-electron chi connectivity index (χ1n) is 6.67. The van der Waals surface area contributed by atoms with Crippen LogP contribution in [0.15, 0.2) is 9.59 Å². The Morgan fingerprint density at radius 2 is 1.90 bits per heavy atom. The van der Waals surface area contributed by atoms with Crippen LogP contribution in [0, 0.1) is 5.92 Å². The molecule has 0 aliphatic heterocycles. The molecule has 110 valence electrons. The quantitative estimate of drug-likeness (QED) is 0.800. The summed E-state index contributed by atoms with van der Waals surface area (Å²) in [5, 5.41) is 0. The van der Waals surface area contributed by atoms with E-state index in [-0.39, 0.29) is 23.0 Å². The Morgan fingerprint density at radius 3 is 2.40 bits per heavy atom. The first-order chi connectivity index (χ1) is 9.42. The number of aryl methyl sites for hydroxylation is 1. The van der Waals surface area contributed by atoms with Crippen molar-refractivity contribution in [1.82, 2.24) is 18.7 Å². The molecule has 0 bridgehead atoms. The molecule has 6 nitrogen and oxygen atoms in total. The van der Waals surface area contributed by atoms with Crippen LogP contribution < -0.4 is 11.2 Å². The van der Waals surface area contributed by atoms with Crippen molar-refractivity contribution in [3.05, 3.63) is 26.7 Å². The fraction of sp³-hybridized carbons (Fsp3) is 0.615. The zero-order chi connectivity index (χ0) is 15.0. The number of fused-ring (bicyclic) bond motifs is 1.